The van der Waals surface area contributed by atoms with Crippen LogP contribution >= 0.6 is 0 Å². The van der Waals surface area contributed by atoms with Crippen molar-refractivity contribution in [2.24, 2.45) is 0 Å². The number of rotatable bonds is 3. The van der Waals surface area contributed by atoms with Crippen LogP contribution in [-0.2, 0) is 5.41 Å². The maximum atomic E-state index is 13.7. The second-order valence-electron chi connectivity index (χ2n) is 4.80. The van der Waals surface area contributed by atoms with E-state index in [0.29, 0.717) is 0 Å². The summed E-state index contributed by atoms with van der Waals surface area (Å²) in [5.74, 6) is -0.104. The van der Waals surface area contributed by atoms with Crippen LogP contribution in [0.2, 0.25) is 0 Å². The summed E-state index contributed by atoms with van der Waals surface area (Å²) in [7, 11) is 3.94. The van der Waals surface area contributed by atoms with Gasteiger partial charge in [0.25, 0.3) is 0 Å². The van der Waals surface area contributed by atoms with Gasteiger partial charge in [-0.1, -0.05) is 20.8 Å². The van der Waals surface area contributed by atoms with Gasteiger partial charge in [0, 0.05) is 19.8 Å². The van der Waals surface area contributed by atoms with Crippen molar-refractivity contribution < 1.29 is 4.39 Å². The first-order valence-electron chi connectivity index (χ1n) is 5.36. The molecule has 84 valence electrons. The summed E-state index contributed by atoms with van der Waals surface area (Å²) in [5, 5.41) is 0. The molecule has 0 aliphatic heterocycles. The Kier molecular flexibility index (Phi) is 3.38. The minimum atomic E-state index is -0.104. The summed E-state index contributed by atoms with van der Waals surface area (Å²) in [6, 6.07) is 5.31. The van der Waals surface area contributed by atoms with E-state index < -0.39 is 0 Å². The highest BCUT2D eigenvalue weighted by atomic mass is 19.1. The summed E-state index contributed by atoms with van der Waals surface area (Å²) in [5.41, 5.74) is 1.75. The number of hydrogen-bond donors (Lipinski definition) is 0. The van der Waals surface area contributed by atoms with Crippen LogP contribution in [0.15, 0.2) is 18.2 Å². The third-order valence-corrected chi connectivity index (χ3v) is 3.08. The molecule has 0 saturated heterocycles. The van der Waals surface area contributed by atoms with Crippen molar-refractivity contribution in [2.75, 3.05) is 19.0 Å². The Morgan fingerprint density at radius 3 is 2.33 bits per heavy atom. The molecule has 1 aromatic carbocycles. The number of hydrogen-bond acceptors (Lipinski definition) is 1. The molecule has 0 N–H and O–H groups in total. The fourth-order valence-corrected chi connectivity index (χ4v) is 1.50. The van der Waals surface area contributed by atoms with Crippen LogP contribution in [0.1, 0.15) is 32.8 Å². The van der Waals surface area contributed by atoms with Crippen LogP contribution in [0.5, 0.6) is 0 Å². The van der Waals surface area contributed by atoms with Crippen molar-refractivity contribution in [2.45, 2.75) is 32.6 Å². The van der Waals surface area contributed by atoms with Gasteiger partial charge in [-0.2, -0.15) is 0 Å². The van der Waals surface area contributed by atoms with Gasteiger partial charge >= 0.3 is 0 Å². The maximum absolute atomic E-state index is 13.7. The van der Waals surface area contributed by atoms with Crippen LogP contribution in [0.4, 0.5) is 10.1 Å². The lowest BCUT2D eigenvalue weighted by atomic mass is 9.81. The van der Waals surface area contributed by atoms with Gasteiger partial charge in [-0.25, -0.2) is 4.39 Å². The fourth-order valence-electron chi connectivity index (χ4n) is 1.50. The average molecular weight is 209 g/mol. The molecule has 0 radical (unpaired) electrons. The Bertz CT molecular complexity index is 342. The van der Waals surface area contributed by atoms with Crippen LogP contribution < -0.4 is 4.90 Å². The Balaban J connectivity index is 3.22. The topological polar surface area (TPSA) is 3.24 Å². The summed E-state index contributed by atoms with van der Waals surface area (Å²) in [4.78, 5) is 1.99. The van der Waals surface area contributed by atoms with Crippen molar-refractivity contribution in [1.82, 2.24) is 0 Å². The standard InChI is InChI=1S/C13H20FN/c1-6-13(2,3)11-9-10(15(4)5)7-8-12(11)14/h7-9H,6H2,1-5H3. The molecule has 1 rings (SSSR count). The second kappa shape index (κ2) is 4.21. The molecule has 0 saturated carbocycles. The number of halogens is 1. The van der Waals surface area contributed by atoms with Gasteiger partial charge in [0.2, 0.25) is 0 Å². The van der Waals surface area contributed by atoms with Gasteiger partial charge in [0.1, 0.15) is 5.82 Å². The molecule has 2 heteroatoms. The van der Waals surface area contributed by atoms with Crippen molar-refractivity contribution in [1.29, 1.82) is 0 Å². The molecule has 0 heterocycles. The minimum Gasteiger partial charge on any atom is -0.378 e. The molecule has 0 spiro atoms. The van der Waals surface area contributed by atoms with E-state index >= 15 is 0 Å². The summed E-state index contributed by atoms with van der Waals surface area (Å²) >= 11 is 0. The molecular weight excluding hydrogens is 189 g/mol. The van der Waals surface area contributed by atoms with Crippen molar-refractivity contribution >= 4 is 5.69 Å². The SMILES string of the molecule is CCC(C)(C)c1cc(N(C)C)ccc1F. The van der Waals surface area contributed by atoms with Gasteiger partial charge in [0.05, 0.1) is 0 Å². The highest BCUT2D eigenvalue weighted by Crippen LogP contribution is 2.31. The monoisotopic (exact) mass is 209 g/mol. The van der Waals surface area contributed by atoms with Gasteiger partial charge in [0.15, 0.2) is 0 Å². The Labute approximate surface area is 91.9 Å². The molecule has 0 unspecified atom stereocenters. The molecule has 1 nitrogen and oxygen atoms in total. The van der Waals surface area contributed by atoms with Crippen LogP contribution in [-0.4, -0.2) is 14.1 Å². The first kappa shape index (κ1) is 12.0. The first-order chi connectivity index (χ1) is 6.88. The molecule has 0 aromatic heterocycles. The summed E-state index contributed by atoms with van der Waals surface area (Å²) in [6.07, 6.45) is 0.931. The van der Waals surface area contributed by atoms with Crippen molar-refractivity contribution in [3.63, 3.8) is 0 Å². The molecule has 0 bridgehead atoms. The van der Waals surface area contributed by atoms with E-state index in [9.17, 15) is 4.39 Å². The molecule has 0 amide bonds. The minimum absolute atomic E-state index is 0.101. The summed E-state index contributed by atoms with van der Waals surface area (Å²) in [6.45, 7) is 6.23. The lowest BCUT2D eigenvalue weighted by Gasteiger charge is -2.25. The normalized spacial score (nSPS) is 11.6. The third-order valence-electron chi connectivity index (χ3n) is 3.08. The van der Waals surface area contributed by atoms with Gasteiger partial charge in [-0.3, -0.25) is 0 Å². The van der Waals surface area contributed by atoms with E-state index in [-0.39, 0.29) is 11.2 Å². The largest absolute Gasteiger partial charge is 0.378 e. The number of anilines is 1. The van der Waals surface area contributed by atoms with E-state index in [1.165, 1.54) is 0 Å². The fraction of sp³-hybridized carbons (Fsp3) is 0.538. The molecule has 1 aromatic rings. The molecule has 0 atom stereocenters. The number of nitrogens with zero attached hydrogens (tertiary/aromatic N) is 1. The van der Waals surface area contributed by atoms with Crippen molar-refractivity contribution in [3.8, 4) is 0 Å². The highest BCUT2D eigenvalue weighted by molar-refractivity contribution is 5.49. The second-order valence-corrected chi connectivity index (χ2v) is 4.80. The van der Waals surface area contributed by atoms with Crippen LogP contribution in [0.25, 0.3) is 0 Å². The van der Waals surface area contributed by atoms with E-state index in [0.717, 1.165) is 17.7 Å². The smallest absolute Gasteiger partial charge is 0.127 e. The van der Waals surface area contributed by atoms with E-state index in [1.807, 2.05) is 31.1 Å². The quantitative estimate of drug-likeness (QED) is 0.735. The van der Waals surface area contributed by atoms with E-state index in [2.05, 4.69) is 20.8 Å². The highest BCUT2D eigenvalue weighted by Gasteiger charge is 2.22. The lowest BCUT2D eigenvalue weighted by molar-refractivity contribution is 0.469. The molecule has 0 fully saturated rings. The molecule has 15 heavy (non-hydrogen) atoms. The van der Waals surface area contributed by atoms with E-state index in [1.54, 1.807) is 6.07 Å². The summed E-state index contributed by atoms with van der Waals surface area (Å²) < 4.78 is 13.7. The lowest BCUT2D eigenvalue weighted by Crippen LogP contribution is -2.19. The zero-order valence-electron chi connectivity index (χ0n) is 10.3. The van der Waals surface area contributed by atoms with E-state index in [4.69, 9.17) is 0 Å². The maximum Gasteiger partial charge on any atom is 0.127 e. The Hall–Kier alpha value is -1.05. The van der Waals surface area contributed by atoms with Gasteiger partial charge in [-0.05, 0) is 35.6 Å². The predicted molar refractivity (Wildman–Crippen MR) is 64.0 cm³/mol. The van der Waals surface area contributed by atoms with Gasteiger partial charge < -0.3 is 4.90 Å². The van der Waals surface area contributed by atoms with Crippen LogP contribution in [0.3, 0.4) is 0 Å². The molecule has 0 aliphatic rings. The third kappa shape index (κ3) is 2.49. The Morgan fingerprint density at radius 2 is 1.87 bits per heavy atom. The predicted octanol–water partition coefficient (Wildman–Crippen LogP) is 3.58. The zero-order chi connectivity index (χ0) is 11.6. The zero-order valence-corrected chi connectivity index (χ0v) is 10.3. The molecular formula is C13H20FN. The average Bonchev–Trinajstić information content (AvgIpc) is 2.17. The van der Waals surface area contributed by atoms with Crippen molar-refractivity contribution in [3.05, 3.63) is 29.6 Å². The number of benzene rings is 1. The Morgan fingerprint density at radius 1 is 1.27 bits per heavy atom. The first-order valence-corrected chi connectivity index (χ1v) is 5.36. The van der Waals surface area contributed by atoms with Gasteiger partial charge in [-0.15, -0.1) is 0 Å². The van der Waals surface area contributed by atoms with Crippen LogP contribution in [0, 0.1) is 5.82 Å². The molecule has 0 aliphatic carbocycles.